The molecule has 0 fully saturated rings. The predicted octanol–water partition coefficient (Wildman–Crippen LogP) is 1.78. The third kappa shape index (κ3) is 3.93. The second-order valence-corrected chi connectivity index (χ2v) is 3.12. The normalized spacial score (nSPS) is 10.3. The average Bonchev–Trinajstić information content (AvgIpc) is 2.72. The van der Waals surface area contributed by atoms with Gasteiger partial charge in [0.05, 0.1) is 12.5 Å². The van der Waals surface area contributed by atoms with Gasteiger partial charge in [-0.15, -0.1) is 11.6 Å². The Balaban J connectivity index is 2.33. The van der Waals surface area contributed by atoms with Gasteiger partial charge in [0.1, 0.15) is 5.76 Å². The first-order chi connectivity index (χ1) is 7.27. The van der Waals surface area contributed by atoms with Crippen LogP contribution in [-0.2, 0) is 10.6 Å². The summed E-state index contributed by atoms with van der Waals surface area (Å²) in [4.78, 5) is 11.4. The fourth-order valence-electron chi connectivity index (χ4n) is 1.04. The highest BCUT2D eigenvalue weighted by atomic mass is 35.5. The molecule has 0 aliphatic heterocycles. The van der Waals surface area contributed by atoms with Crippen LogP contribution in [0.4, 0.5) is 0 Å². The summed E-state index contributed by atoms with van der Waals surface area (Å²) < 4.78 is 10.2. The predicted molar refractivity (Wildman–Crippen MR) is 57.1 cm³/mol. The van der Waals surface area contributed by atoms with Gasteiger partial charge in [-0.05, 0) is 19.1 Å². The lowest BCUT2D eigenvalue weighted by Gasteiger charge is -2.02. The number of furan rings is 1. The molecule has 0 aliphatic carbocycles. The molecule has 15 heavy (non-hydrogen) atoms. The van der Waals surface area contributed by atoms with Crippen LogP contribution in [0.5, 0.6) is 0 Å². The van der Waals surface area contributed by atoms with Gasteiger partial charge in [0.15, 0.2) is 5.76 Å². The Bertz CT molecular complexity index is 311. The van der Waals surface area contributed by atoms with Gasteiger partial charge in [0, 0.05) is 13.2 Å². The minimum absolute atomic E-state index is 0.244. The number of halogens is 1. The molecule has 0 bridgehead atoms. The van der Waals surface area contributed by atoms with Crippen molar-refractivity contribution >= 4 is 17.5 Å². The highest BCUT2D eigenvalue weighted by molar-refractivity contribution is 6.16. The van der Waals surface area contributed by atoms with Crippen LogP contribution in [0.3, 0.4) is 0 Å². The SMILES string of the molecule is CCOCCNC(=O)c1ccc(CCl)o1. The molecule has 1 N–H and O–H groups in total. The van der Waals surface area contributed by atoms with Crippen molar-refractivity contribution in [2.24, 2.45) is 0 Å². The van der Waals surface area contributed by atoms with Gasteiger partial charge in [-0.3, -0.25) is 4.79 Å². The number of hydrogen-bond acceptors (Lipinski definition) is 3. The fourth-order valence-corrected chi connectivity index (χ4v) is 1.18. The van der Waals surface area contributed by atoms with E-state index in [9.17, 15) is 4.79 Å². The Morgan fingerprint density at radius 1 is 1.60 bits per heavy atom. The first kappa shape index (κ1) is 12.1. The molecule has 0 spiro atoms. The molecule has 5 heteroatoms. The number of nitrogens with one attached hydrogen (secondary N) is 1. The number of alkyl halides is 1. The zero-order chi connectivity index (χ0) is 11.1. The largest absolute Gasteiger partial charge is 0.455 e. The Morgan fingerprint density at radius 2 is 2.40 bits per heavy atom. The van der Waals surface area contributed by atoms with E-state index in [4.69, 9.17) is 20.8 Å². The molecule has 1 rings (SSSR count). The smallest absolute Gasteiger partial charge is 0.287 e. The van der Waals surface area contributed by atoms with Gasteiger partial charge in [-0.2, -0.15) is 0 Å². The Hall–Kier alpha value is -1.00. The van der Waals surface area contributed by atoms with Crippen molar-refractivity contribution in [3.05, 3.63) is 23.7 Å². The first-order valence-electron chi connectivity index (χ1n) is 4.78. The average molecular weight is 232 g/mol. The van der Waals surface area contributed by atoms with Crippen LogP contribution in [-0.4, -0.2) is 25.7 Å². The second kappa shape index (κ2) is 6.48. The van der Waals surface area contributed by atoms with Crippen molar-refractivity contribution in [2.75, 3.05) is 19.8 Å². The van der Waals surface area contributed by atoms with Crippen LogP contribution in [0.2, 0.25) is 0 Å². The minimum Gasteiger partial charge on any atom is -0.455 e. The number of carbonyl (C=O) groups excluding carboxylic acids is 1. The van der Waals surface area contributed by atoms with E-state index in [1.165, 1.54) is 0 Å². The monoisotopic (exact) mass is 231 g/mol. The molecule has 1 amide bonds. The summed E-state index contributed by atoms with van der Waals surface area (Å²) in [6, 6.07) is 3.29. The molecule has 0 atom stereocenters. The summed E-state index contributed by atoms with van der Waals surface area (Å²) in [5, 5.41) is 2.67. The zero-order valence-corrected chi connectivity index (χ0v) is 9.34. The Labute approximate surface area is 93.5 Å². The van der Waals surface area contributed by atoms with Crippen LogP contribution < -0.4 is 5.32 Å². The summed E-state index contributed by atoms with van der Waals surface area (Å²) in [5.74, 6) is 0.895. The van der Waals surface area contributed by atoms with Crippen LogP contribution in [0.25, 0.3) is 0 Å². The maximum atomic E-state index is 11.4. The van der Waals surface area contributed by atoms with E-state index < -0.39 is 0 Å². The molecule has 0 aromatic carbocycles. The van der Waals surface area contributed by atoms with Crippen LogP contribution in [0, 0.1) is 0 Å². The number of ether oxygens (including phenoxy) is 1. The van der Waals surface area contributed by atoms with Crippen molar-refractivity contribution in [1.29, 1.82) is 0 Å². The van der Waals surface area contributed by atoms with E-state index in [0.717, 1.165) is 0 Å². The maximum absolute atomic E-state index is 11.4. The third-order valence-corrected chi connectivity index (χ3v) is 2.02. The maximum Gasteiger partial charge on any atom is 0.287 e. The van der Waals surface area contributed by atoms with Crippen LogP contribution in [0.15, 0.2) is 16.5 Å². The van der Waals surface area contributed by atoms with Gasteiger partial charge in [-0.25, -0.2) is 0 Å². The van der Waals surface area contributed by atoms with E-state index in [1.807, 2.05) is 6.92 Å². The summed E-state index contributed by atoms with van der Waals surface area (Å²) >= 11 is 5.55. The van der Waals surface area contributed by atoms with Crippen molar-refractivity contribution < 1.29 is 13.9 Å². The van der Waals surface area contributed by atoms with Crippen LogP contribution in [0.1, 0.15) is 23.2 Å². The lowest BCUT2D eigenvalue weighted by molar-refractivity contribution is 0.0894. The number of amides is 1. The number of rotatable bonds is 6. The topological polar surface area (TPSA) is 51.5 Å². The second-order valence-electron chi connectivity index (χ2n) is 2.85. The van der Waals surface area contributed by atoms with Crippen molar-refractivity contribution in [1.82, 2.24) is 5.32 Å². The van der Waals surface area contributed by atoms with Crippen molar-refractivity contribution in [3.63, 3.8) is 0 Å². The van der Waals surface area contributed by atoms with Gasteiger partial charge < -0.3 is 14.5 Å². The van der Waals surface area contributed by atoms with E-state index in [1.54, 1.807) is 12.1 Å². The third-order valence-electron chi connectivity index (χ3n) is 1.75. The first-order valence-corrected chi connectivity index (χ1v) is 5.32. The highest BCUT2D eigenvalue weighted by Crippen LogP contribution is 2.09. The minimum atomic E-state index is -0.244. The molecular weight excluding hydrogens is 218 g/mol. The molecule has 0 radical (unpaired) electrons. The summed E-state index contributed by atoms with van der Waals surface area (Å²) in [7, 11) is 0. The number of hydrogen-bond donors (Lipinski definition) is 1. The van der Waals surface area contributed by atoms with Gasteiger partial charge in [0.2, 0.25) is 0 Å². The van der Waals surface area contributed by atoms with Crippen LogP contribution >= 0.6 is 11.6 Å². The molecule has 4 nitrogen and oxygen atoms in total. The molecule has 0 unspecified atom stereocenters. The van der Waals surface area contributed by atoms with Crippen molar-refractivity contribution in [2.45, 2.75) is 12.8 Å². The van der Waals surface area contributed by atoms with E-state index in [0.29, 0.717) is 25.5 Å². The Kier molecular flexibility index (Phi) is 5.21. The summed E-state index contributed by atoms with van der Waals surface area (Å²) in [5.41, 5.74) is 0. The molecule has 1 aromatic heterocycles. The molecular formula is C10H14ClNO3. The molecule has 0 saturated heterocycles. The molecule has 1 heterocycles. The van der Waals surface area contributed by atoms with Gasteiger partial charge in [0.25, 0.3) is 5.91 Å². The molecule has 84 valence electrons. The van der Waals surface area contributed by atoms with E-state index >= 15 is 0 Å². The summed E-state index contributed by atoms with van der Waals surface area (Å²) in [6.07, 6.45) is 0. The molecule has 1 aromatic rings. The van der Waals surface area contributed by atoms with Gasteiger partial charge >= 0.3 is 0 Å². The molecule has 0 saturated carbocycles. The summed E-state index contributed by atoms with van der Waals surface area (Å²) in [6.45, 7) is 3.53. The molecule has 0 aliphatic rings. The van der Waals surface area contributed by atoms with E-state index in [-0.39, 0.29) is 17.5 Å². The standard InChI is InChI=1S/C10H14ClNO3/c1-2-14-6-5-12-10(13)9-4-3-8(7-11)15-9/h3-4H,2,5-7H2,1H3,(H,12,13). The lowest BCUT2D eigenvalue weighted by atomic mass is 10.4. The van der Waals surface area contributed by atoms with Gasteiger partial charge in [-0.1, -0.05) is 0 Å². The van der Waals surface area contributed by atoms with Crippen molar-refractivity contribution in [3.8, 4) is 0 Å². The van der Waals surface area contributed by atoms with E-state index in [2.05, 4.69) is 5.32 Å². The zero-order valence-electron chi connectivity index (χ0n) is 8.59. The highest BCUT2D eigenvalue weighted by Gasteiger charge is 2.09. The fraction of sp³-hybridized carbons (Fsp3) is 0.500. The quantitative estimate of drug-likeness (QED) is 0.600. The lowest BCUT2D eigenvalue weighted by Crippen LogP contribution is -2.26. The number of carbonyl (C=O) groups is 1. The Morgan fingerprint density at radius 3 is 3.00 bits per heavy atom.